The highest BCUT2D eigenvalue weighted by Crippen LogP contribution is 2.41. The number of halogens is 4. The second kappa shape index (κ2) is 11.0. The van der Waals surface area contributed by atoms with E-state index in [1.165, 1.54) is 29.2 Å². The van der Waals surface area contributed by atoms with Crippen molar-refractivity contribution in [3.8, 4) is 23.0 Å². The molecule has 3 aromatic rings. The van der Waals surface area contributed by atoms with Gasteiger partial charge < -0.3 is 14.2 Å². The predicted molar refractivity (Wildman–Crippen MR) is 124 cm³/mol. The predicted octanol–water partition coefficient (Wildman–Crippen LogP) is 2.68. The van der Waals surface area contributed by atoms with E-state index in [-0.39, 0.29) is 60.2 Å². The number of rotatable bonds is 10. The molecule has 1 aliphatic heterocycles. The van der Waals surface area contributed by atoms with Crippen LogP contribution < -0.4 is 14.2 Å². The van der Waals surface area contributed by atoms with Crippen LogP contribution in [-0.2, 0) is 21.2 Å². The van der Waals surface area contributed by atoms with Gasteiger partial charge in [-0.25, -0.2) is 23.4 Å². The maximum absolute atomic E-state index is 12.8. The van der Waals surface area contributed by atoms with Crippen molar-refractivity contribution in [2.75, 3.05) is 36.9 Å². The van der Waals surface area contributed by atoms with E-state index in [4.69, 9.17) is 25.8 Å². The Morgan fingerprint density at radius 2 is 2.00 bits per heavy atom. The Balaban J connectivity index is 1.64. The number of hydrogen-bond donors (Lipinski definition) is 1. The number of hydrogen-bond acceptors (Lipinski definition) is 10. The van der Waals surface area contributed by atoms with E-state index in [1.807, 2.05) is 0 Å². The molecule has 0 aromatic carbocycles. The van der Waals surface area contributed by atoms with Crippen LogP contribution in [0.3, 0.4) is 0 Å². The fraction of sp³-hybridized carbons (Fsp3) is 0.450. The number of pyridine rings is 1. The van der Waals surface area contributed by atoms with Crippen molar-refractivity contribution in [3.63, 3.8) is 0 Å². The van der Waals surface area contributed by atoms with Crippen molar-refractivity contribution in [1.29, 1.82) is 0 Å². The number of aromatic nitrogens is 6. The Labute approximate surface area is 214 Å². The van der Waals surface area contributed by atoms with Gasteiger partial charge >= 0.3 is 6.18 Å². The third kappa shape index (κ3) is 6.75. The second-order valence-corrected chi connectivity index (χ2v) is 10.0. The van der Waals surface area contributed by atoms with Crippen LogP contribution in [0.5, 0.6) is 11.6 Å². The minimum Gasteiger partial charge on any atom is -0.485 e. The number of sulfonamides is 1. The van der Waals surface area contributed by atoms with Gasteiger partial charge in [0.05, 0.1) is 29.0 Å². The molecule has 1 aliphatic rings. The Morgan fingerprint density at radius 1 is 1.24 bits per heavy atom. The van der Waals surface area contributed by atoms with Crippen LogP contribution in [0.25, 0.3) is 11.4 Å². The summed E-state index contributed by atoms with van der Waals surface area (Å²) in [5.74, 6) is -0.525. The number of ether oxygens (including phenoxy) is 3. The maximum atomic E-state index is 12.8. The molecular formula is C20H21ClF3N7O5S. The molecule has 37 heavy (non-hydrogen) atoms. The minimum atomic E-state index is -4.59. The first-order chi connectivity index (χ1) is 17.6. The molecule has 1 atom stereocenters. The van der Waals surface area contributed by atoms with E-state index in [0.717, 1.165) is 0 Å². The number of nitrogens with zero attached hydrogens (tertiary/aromatic N) is 6. The summed E-state index contributed by atoms with van der Waals surface area (Å²) in [6, 6.07) is 0.820. The van der Waals surface area contributed by atoms with E-state index in [1.54, 1.807) is 6.92 Å². The van der Waals surface area contributed by atoms with Gasteiger partial charge in [0.25, 0.3) is 5.88 Å². The summed E-state index contributed by atoms with van der Waals surface area (Å²) in [7, 11) is -3.94. The van der Waals surface area contributed by atoms with Gasteiger partial charge in [-0.05, 0) is 13.0 Å². The van der Waals surface area contributed by atoms with E-state index in [2.05, 4.69) is 29.9 Å². The van der Waals surface area contributed by atoms with Gasteiger partial charge in [-0.3, -0.25) is 9.29 Å². The van der Waals surface area contributed by atoms with Gasteiger partial charge in [0.2, 0.25) is 16.0 Å². The van der Waals surface area contributed by atoms with Crippen LogP contribution in [0.15, 0.2) is 24.7 Å². The summed E-state index contributed by atoms with van der Waals surface area (Å²) < 4.78 is 83.9. The van der Waals surface area contributed by atoms with Gasteiger partial charge in [-0.15, -0.1) is 10.2 Å². The van der Waals surface area contributed by atoms with Crippen LogP contribution in [0, 0.1) is 0 Å². The van der Waals surface area contributed by atoms with Crippen LogP contribution in [-0.4, -0.2) is 76.5 Å². The smallest absolute Gasteiger partial charge is 0.422 e. The Kier molecular flexibility index (Phi) is 7.99. The highest BCUT2D eigenvalue weighted by molar-refractivity contribution is 7.92. The SMILES string of the molecule is CCOC[C@@H]1COc2c(ccnc2OCC(F)(F)F)-c2nnc(NS(=O)(=O)CCc3ncc(Cl)cn3)n21. The largest absolute Gasteiger partial charge is 0.485 e. The summed E-state index contributed by atoms with van der Waals surface area (Å²) >= 11 is 5.75. The van der Waals surface area contributed by atoms with Crippen molar-refractivity contribution in [3.05, 3.63) is 35.5 Å². The Hall–Kier alpha value is -3.24. The van der Waals surface area contributed by atoms with Crippen LogP contribution in [0.4, 0.5) is 19.1 Å². The summed E-state index contributed by atoms with van der Waals surface area (Å²) in [6.45, 7) is 0.519. The maximum Gasteiger partial charge on any atom is 0.422 e. The molecule has 0 unspecified atom stereocenters. The average molecular weight is 564 g/mol. The molecule has 4 rings (SSSR count). The standard InChI is InChI=1S/C20H21ClF3N7O5S/c1-2-34-9-13-10-35-16-14(3-5-25-18(16)36-11-20(22,23)24)17-28-29-19(31(13)17)30-37(32,33)6-4-15-26-7-12(21)8-27-15/h3,5,7-8,13H,2,4,6,9-11H2,1H3,(H,29,30)/t13-/m1/s1. The highest BCUT2D eigenvalue weighted by atomic mass is 35.5. The lowest BCUT2D eigenvalue weighted by atomic mass is 10.2. The number of alkyl halides is 3. The van der Waals surface area contributed by atoms with Crippen molar-refractivity contribution in [2.45, 2.75) is 25.6 Å². The molecule has 0 bridgehead atoms. The normalized spacial score (nSPS) is 15.3. The third-order valence-electron chi connectivity index (χ3n) is 5.00. The molecule has 200 valence electrons. The monoisotopic (exact) mass is 563 g/mol. The lowest BCUT2D eigenvalue weighted by Crippen LogP contribution is -2.26. The molecule has 3 aromatic heterocycles. The average Bonchev–Trinajstić information content (AvgIpc) is 3.16. The number of anilines is 1. The lowest BCUT2D eigenvalue weighted by Gasteiger charge is -2.19. The fourth-order valence-electron chi connectivity index (χ4n) is 3.40. The van der Waals surface area contributed by atoms with Gasteiger partial charge in [-0.2, -0.15) is 13.2 Å². The van der Waals surface area contributed by atoms with Crippen LogP contribution in [0.1, 0.15) is 18.8 Å². The summed E-state index contributed by atoms with van der Waals surface area (Å²) in [5, 5.41) is 8.39. The molecule has 0 radical (unpaired) electrons. The molecular weight excluding hydrogens is 543 g/mol. The van der Waals surface area contributed by atoms with Crippen molar-refractivity contribution in [2.24, 2.45) is 0 Å². The van der Waals surface area contributed by atoms with E-state index < -0.39 is 28.8 Å². The Bertz CT molecular complexity index is 1340. The first-order valence-corrected chi connectivity index (χ1v) is 12.9. The van der Waals surface area contributed by atoms with Crippen molar-refractivity contribution in [1.82, 2.24) is 29.7 Å². The summed E-state index contributed by atoms with van der Waals surface area (Å²) in [6.07, 6.45) is -0.631. The topological polar surface area (TPSA) is 143 Å². The molecule has 0 saturated heterocycles. The van der Waals surface area contributed by atoms with Crippen molar-refractivity contribution < 1.29 is 35.8 Å². The first kappa shape index (κ1) is 26.8. The zero-order valence-corrected chi connectivity index (χ0v) is 20.8. The number of nitrogens with one attached hydrogen (secondary N) is 1. The van der Waals surface area contributed by atoms with Crippen LogP contribution >= 0.6 is 11.6 Å². The first-order valence-electron chi connectivity index (χ1n) is 10.9. The quantitative estimate of drug-likeness (QED) is 0.391. The molecule has 17 heteroatoms. The highest BCUT2D eigenvalue weighted by Gasteiger charge is 2.33. The molecule has 0 fully saturated rings. The second-order valence-electron chi connectivity index (χ2n) is 7.73. The molecule has 0 spiro atoms. The van der Waals surface area contributed by atoms with E-state index in [0.29, 0.717) is 11.6 Å². The molecule has 0 saturated carbocycles. The minimum absolute atomic E-state index is 0.00733. The van der Waals surface area contributed by atoms with E-state index in [9.17, 15) is 21.6 Å². The zero-order chi connectivity index (χ0) is 26.6. The Morgan fingerprint density at radius 3 is 2.70 bits per heavy atom. The molecule has 4 heterocycles. The van der Waals surface area contributed by atoms with Gasteiger partial charge in [0.15, 0.2) is 18.2 Å². The van der Waals surface area contributed by atoms with Crippen molar-refractivity contribution >= 4 is 27.6 Å². The molecule has 0 amide bonds. The summed E-state index contributed by atoms with van der Waals surface area (Å²) in [4.78, 5) is 11.8. The lowest BCUT2D eigenvalue weighted by molar-refractivity contribution is -0.154. The molecule has 0 aliphatic carbocycles. The third-order valence-corrected chi connectivity index (χ3v) is 6.43. The molecule has 1 N–H and O–H groups in total. The van der Waals surface area contributed by atoms with E-state index >= 15 is 0 Å². The summed E-state index contributed by atoms with van der Waals surface area (Å²) in [5.41, 5.74) is 0.221. The van der Waals surface area contributed by atoms with Crippen LogP contribution in [0.2, 0.25) is 5.02 Å². The van der Waals surface area contributed by atoms with Gasteiger partial charge in [0, 0.05) is 31.6 Å². The van der Waals surface area contributed by atoms with Gasteiger partial charge in [0.1, 0.15) is 12.4 Å². The number of aryl methyl sites for hydroxylation is 1. The molecule has 12 nitrogen and oxygen atoms in total. The number of fused-ring (bicyclic) bond motifs is 3. The zero-order valence-electron chi connectivity index (χ0n) is 19.3. The fourth-order valence-corrected chi connectivity index (χ4v) is 4.47. The van der Waals surface area contributed by atoms with Gasteiger partial charge in [-0.1, -0.05) is 11.6 Å².